The molecule has 0 aliphatic heterocycles. The van der Waals surface area contributed by atoms with Gasteiger partial charge in [-0.25, -0.2) is 4.98 Å². The first-order valence-corrected chi connectivity index (χ1v) is 14.4. The summed E-state index contributed by atoms with van der Waals surface area (Å²) in [5, 5.41) is 2.23. The summed E-state index contributed by atoms with van der Waals surface area (Å²) < 4.78 is 2.25. The second kappa shape index (κ2) is 9.97. The van der Waals surface area contributed by atoms with Crippen LogP contribution in [0, 0.1) is 0 Å². The van der Waals surface area contributed by atoms with Crippen molar-refractivity contribution >= 4 is 32.8 Å². The third kappa shape index (κ3) is 4.36. The Hall–Kier alpha value is -4.83. The van der Waals surface area contributed by atoms with Crippen LogP contribution in [-0.2, 0) is 0 Å². The molecule has 41 heavy (non-hydrogen) atoms. The van der Waals surface area contributed by atoms with Crippen LogP contribution in [0.25, 0.3) is 61.0 Å². The smallest absolute Gasteiger partial charge is 0.145 e. The molecule has 0 atom stereocenters. The summed E-state index contributed by atoms with van der Waals surface area (Å²) in [6, 6.07) is 38.5. The van der Waals surface area contributed by atoms with E-state index < -0.39 is 0 Å². The fourth-order valence-electron chi connectivity index (χ4n) is 5.65. The van der Waals surface area contributed by atoms with E-state index in [1.165, 1.54) is 5.56 Å². The average molecular weight is 533 g/mol. The van der Waals surface area contributed by atoms with Crippen molar-refractivity contribution in [1.82, 2.24) is 19.5 Å². The van der Waals surface area contributed by atoms with Crippen LogP contribution < -0.4 is 0 Å². The zero-order valence-corrected chi connectivity index (χ0v) is 23.8. The van der Waals surface area contributed by atoms with Gasteiger partial charge in [-0.3, -0.25) is 14.5 Å². The molecule has 7 rings (SSSR count). The molecule has 0 spiro atoms. The second-order valence-corrected chi connectivity index (χ2v) is 11.3. The number of nitrogens with zero attached hydrogens (tertiary/aromatic N) is 4. The molecular formula is C37H32N4. The van der Waals surface area contributed by atoms with E-state index in [-0.39, 0.29) is 5.92 Å². The van der Waals surface area contributed by atoms with Gasteiger partial charge in [-0.1, -0.05) is 94.4 Å². The molecule has 0 aliphatic rings. The van der Waals surface area contributed by atoms with Crippen LogP contribution in [0.4, 0.5) is 0 Å². The number of fused-ring (bicyclic) bond motifs is 4. The summed E-state index contributed by atoms with van der Waals surface area (Å²) in [5.41, 5.74) is 10.6. The number of pyridine rings is 2. The summed E-state index contributed by atoms with van der Waals surface area (Å²) in [7, 11) is 0. The van der Waals surface area contributed by atoms with Crippen molar-refractivity contribution in [3.05, 3.63) is 121 Å². The van der Waals surface area contributed by atoms with Crippen molar-refractivity contribution in [3.63, 3.8) is 0 Å². The summed E-state index contributed by atoms with van der Waals surface area (Å²) in [6.07, 6.45) is 0. The number of rotatable bonds is 5. The van der Waals surface area contributed by atoms with Crippen molar-refractivity contribution in [1.29, 1.82) is 0 Å². The molecule has 3 heterocycles. The zero-order valence-electron chi connectivity index (χ0n) is 23.8. The van der Waals surface area contributed by atoms with Crippen LogP contribution in [0.2, 0.25) is 0 Å². The summed E-state index contributed by atoms with van der Waals surface area (Å²) in [5.74, 6) is 1.56. The van der Waals surface area contributed by atoms with E-state index in [0.717, 1.165) is 66.9 Å². The van der Waals surface area contributed by atoms with Gasteiger partial charge in [0.1, 0.15) is 5.82 Å². The van der Waals surface area contributed by atoms with Gasteiger partial charge in [0.2, 0.25) is 0 Å². The number of imidazole rings is 1. The van der Waals surface area contributed by atoms with Gasteiger partial charge in [0.25, 0.3) is 0 Å². The first-order chi connectivity index (χ1) is 20.0. The standard InChI is InChI=1S/C37H32N4/c1-23(2)31-20-18-25-17-19-29-30(22-33(24(3)4)39-36(29)35(25)38-31)26-11-10-12-27(21-26)37-40-32-15-8-9-16-34(32)41(37)28-13-6-5-7-14-28/h5-24H,1-4H3. The normalized spacial score (nSPS) is 11.9. The molecule has 0 unspecified atom stereocenters. The molecule has 4 nitrogen and oxygen atoms in total. The maximum absolute atomic E-state index is 5.17. The third-order valence-corrected chi connectivity index (χ3v) is 7.87. The number of hydrogen-bond donors (Lipinski definition) is 0. The van der Waals surface area contributed by atoms with E-state index in [0.29, 0.717) is 5.92 Å². The predicted molar refractivity (Wildman–Crippen MR) is 171 cm³/mol. The molecule has 0 saturated carbocycles. The van der Waals surface area contributed by atoms with Crippen LogP contribution in [0.15, 0.2) is 109 Å². The number of benzene rings is 4. The zero-order chi connectivity index (χ0) is 28.1. The fraction of sp³-hybridized carbons (Fsp3) is 0.162. The topological polar surface area (TPSA) is 43.6 Å². The van der Waals surface area contributed by atoms with Crippen LogP contribution in [0.3, 0.4) is 0 Å². The van der Waals surface area contributed by atoms with E-state index in [1.54, 1.807) is 0 Å². The van der Waals surface area contributed by atoms with Gasteiger partial charge in [-0.05, 0) is 65.4 Å². The Bertz CT molecular complexity index is 2050. The van der Waals surface area contributed by atoms with Crippen molar-refractivity contribution in [3.8, 4) is 28.2 Å². The van der Waals surface area contributed by atoms with Crippen LogP contribution in [-0.4, -0.2) is 19.5 Å². The molecule has 0 N–H and O–H groups in total. The Balaban J connectivity index is 1.47. The molecule has 7 aromatic rings. The van der Waals surface area contributed by atoms with E-state index in [4.69, 9.17) is 15.0 Å². The van der Waals surface area contributed by atoms with Crippen LogP contribution in [0.1, 0.15) is 50.9 Å². The Morgan fingerprint density at radius 2 is 1.27 bits per heavy atom. The van der Waals surface area contributed by atoms with Crippen LogP contribution in [0.5, 0.6) is 0 Å². The van der Waals surface area contributed by atoms with Gasteiger partial charge in [0, 0.05) is 33.4 Å². The minimum Gasteiger partial charge on any atom is -0.292 e. The lowest BCUT2D eigenvalue weighted by atomic mass is 9.95. The summed E-state index contributed by atoms with van der Waals surface area (Å²) >= 11 is 0. The lowest BCUT2D eigenvalue weighted by Gasteiger charge is -2.15. The van der Waals surface area contributed by atoms with Crippen molar-refractivity contribution in [2.24, 2.45) is 0 Å². The maximum Gasteiger partial charge on any atom is 0.145 e. The molecule has 3 aromatic heterocycles. The van der Waals surface area contributed by atoms with Gasteiger partial charge >= 0.3 is 0 Å². The number of para-hydroxylation sites is 3. The van der Waals surface area contributed by atoms with E-state index in [2.05, 4.69) is 129 Å². The molecule has 4 aromatic carbocycles. The van der Waals surface area contributed by atoms with E-state index >= 15 is 0 Å². The minimum atomic E-state index is 0.284. The van der Waals surface area contributed by atoms with E-state index in [1.807, 2.05) is 12.1 Å². The van der Waals surface area contributed by atoms with Crippen molar-refractivity contribution < 1.29 is 0 Å². The Kier molecular flexibility index (Phi) is 6.12. The molecular weight excluding hydrogens is 500 g/mol. The lowest BCUT2D eigenvalue weighted by molar-refractivity contribution is 0.826. The maximum atomic E-state index is 5.17. The molecule has 4 heteroatoms. The van der Waals surface area contributed by atoms with Crippen molar-refractivity contribution in [2.75, 3.05) is 0 Å². The quantitative estimate of drug-likeness (QED) is 0.207. The Labute approximate surface area is 240 Å². The van der Waals surface area contributed by atoms with Crippen molar-refractivity contribution in [2.45, 2.75) is 39.5 Å². The molecule has 0 radical (unpaired) electrons. The van der Waals surface area contributed by atoms with Gasteiger partial charge in [-0.2, -0.15) is 0 Å². The van der Waals surface area contributed by atoms with Gasteiger partial charge in [0.05, 0.1) is 22.1 Å². The first kappa shape index (κ1) is 25.2. The molecule has 200 valence electrons. The molecule has 0 fully saturated rings. The summed E-state index contributed by atoms with van der Waals surface area (Å²) in [4.78, 5) is 15.4. The highest BCUT2D eigenvalue weighted by Crippen LogP contribution is 2.37. The predicted octanol–water partition coefficient (Wildman–Crippen LogP) is 9.70. The Morgan fingerprint density at radius 1 is 0.561 bits per heavy atom. The fourth-order valence-corrected chi connectivity index (χ4v) is 5.65. The largest absolute Gasteiger partial charge is 0.292 e. The molecule has 0 amide bonds. The van der Waals surface area contributed by atoms with Gasteiger partial charge in [-0.15, -0.1) is 0 Å². The highest BCUT2D eigenvalue weighted by molar-refractivity contribution is 6.08. The third-order valence-electron chi connectivity index (χ3n) is 7.87. The average Bonchev–Trinajstić information content (AvgIpc) is 3.40. The SMILES string of the molecule is CC(C)c1ccc2ccc3c(-c4cccc(-c5nc6ccccc6n5-c5ccccc5)c4)cc(C(C)C)nc3c2n1. The van der Waals surface area contributed by atoms with E-state index in [9.17, 15) is 0 Å². The Morgan fingerprint density at radius 3 is 2.07 bits per heavy atom. The minimum absolute atomic E-state index is 0.284. The molecule has 0 aliphatic carbocycles. The molecule has 0 saturated heterocycles. The van der Waals surface area contributed by atoms with Gasteiger partial charge in [0.15, 0.2) is 0 Å². The highest BCUT2D eigenvalue weighted by atomic mass is 15.1. The summed E-state index contributed by atoms with van der Waals surface area (Å²) in [6.45, 7) is 8.78. The van der Waals surface area contributed by atoms with Gasteiger partial charge < -0.3 is 0 Å². The second-order valence-electron chi connectivity index (χ2n) is 11.3. The monoisotopic (exact) mass is 532 g/mol. The van der Waals surface area contributed by atoms with Crippen LogP contribution >= 0.6 is 0 Å². The highest BCUT2D eigenvalue weighted by Gasteiger charge is 2.18. The number of hydrogen-bond acceptors (Lipinski definition) is 3. The number of aromatic nitrogens is 4. The lowest BCUT2D eigenvalue weighted by Crippen LogP contribution is -1.99. The molecule has 0 bridgehead atoms. The first-order valence-electron chi connectivity index (χ1n) is 14.4.